The summed E-state index contributed by atoms with van der Waals surface area (Å²) in [7, 11) is -3.74. The van der Waals surface area contributed by atoms with Gasteiger partial charge in [-0.3, -0.25) is 9.21 Å². The fourth-order valence-corrected chi connectivity index (χ4v) is 6.24. The van der Waals surface area contributed by atoms with Gasteiger partial charge < -0.3 is 9.84 Å². The van der Waals surface area contributed by atoms with Crippen LogP contribution in [0.15, 0.2) is 44.4 Å². The maximum absolute atomic E-state index is 11.7. The zero-order valence-electron chi connectivity index (χ0n) is 14.4. The van der Waals surface area contributed by atoms with Gasteiger partial charge in [0, 0.05) is 48.9 Å². The largest absolute Gasteiger partial charge is 0.508 e. The molecule has 27 heavy (non-hydrogen) atoms. The lowest BCUT2D eigenvalue weighted by molar-refractivity contribution is 0.0423. The number of nitrogens with zero attached hydrogens (tertiary/aromatic N) is 2. The van der Waals surface area contributed by atoms with Crippen molar-refractivity contribution in [3.8, 4) is 5.75 Å². The number of hydrogen-bond donors (Lipinski definition) is 2. The van der Waals surface area contributed by atoms with Gasteiger partial charge in [-0.25, -0.2) is 13.6 Å². The molecule has 0 amide bonds. The predicted molar refractivity (Wildman–Crippen MR) is 107 cm³/mol. The number of aromatic hydroxyl groups is 1. The Morgan fingerprint density at radius 1 is 1.22 bits per heavy atom. The van der Waals surface area contributed by atoms with E-state index in [9.17, 15) is 13.5 Å². The number of nitrogens with two attached hydrogens (primary N) is 1. The number of ether oxygens (including phenoxy) is 1. The van der Waals surface area contributed by atoms with Crippen molar-refractivity contribution in [2.24, 2.45) is 5.14 Å². The topological polar surface area (TPSA) is 96.1 Å². The van der Waals surface area contributed by atoms with Gasteiger partial charge in [0.1, 0.15) is 9.96 Å². The highest BCUT2D eigenvalue weighted by molar-refractivity contribution is 8.03. The molecule has 2 aliphatic heterocycles. The Morgan fingerprint density at radius 3 is 2.70 bits per heavy atom. The van der Waals surface area contributed by atoms with Crippen LogP contribution in [0, 0.1) is 0 Å². The van der Waals surface area contributed by atoms with Gasteiger partial charge in [-0.05, 0) is 24.3 Å². The second-order valence-corrected chi connectivity index (χ2v) is 10.3. The van der Waals surface area contributed by atoms with E-state index in [1.165, 1.54) is 11.9 Å². The van der Waals surface area contributed by atoms with Crippen LogP contribution >= 0.6 is 23.3 Å². The molecule has 0 atom stereocenters. The summed E-state index contributed by atoms with van der Waals surface area (Å²) in [5.74, 6) is 0.182. The first-order valence-corrected chi connectivity index (χ1v) is 11.5. The molecule has 7 nitrogen and oxygen atoms in total. The second-order valence-electron chi connectivity index (χ2n) is 6.28. The monoisotopic (exact) mass is 425 g/mol. The lowest BCUT2D eigenvalue weighted by atomic mass is 10.2. The molecule has 1 fully saturated rings. The summed E-state index contributed by atoms with van der Waals surface area (Å²) in [6, 6.07) is 8.65. The molecule has 3 heterocycles. The quantitative estimate of drug-likeness (QED) is 0.726. The average molecular weight is 426 g/mol. The Balaban J connectivity index is 1.72. The van der Waals surface area contributed by atoms with Crippen LogP contribution in [-0.2, 0) is 14.8 Å². The molecule has 2 aliphatic rings. The Bertz CT molecular complexity index is 981. The van der Waals surface area contributed by atoms with Crippen LogP contribution in [0.2, 0.25) is 0 Å². The van der Waals surface area contributed by atoms with Crippen LogP contribution < -0.4 is 9.44 Å². The molecule has 1 saturated heterocycles. The molecule has 2 aromatic rings. The van der Waals surface area contributed by atoms with E-state index in [2.05, 4.69) is 4.90 Å². The van der Waals surface area contributed by atoms with E-state index in [0.29, 0.717) is 19.8 Å². The van der Waals surface area contributed by atoms with E-state index in [4.69, 9.17) is 9.88 Å². The maximum Gasteiger partial charge on any atom is 0.247 e. The Hall–Kier alpha value is -1.56. The van der Waals surface area contributed by atoms with Gasteiger partial charge >= 0.3 is 0 Å². The number of thiophene rings is 1. The highest BCUT2D eigenvalue weighted by Gasteiger charge is 2.27. The number of anilines is 1. The lowest BCUT2D eigenvalue weighted by Gasteiger charge is -2.34. The number of rotatable bonds is 4. The molecule has 3 N–H and O–H groups in total. The van der Waals surface area contributed by atoms with Gasteiger partial charge in [0.25, 0.3) is 0 Å². The summed E-state index contributed by atoms with van der Waals surface area (Å²) >= 11 is 2.61. The first-order chi connectivity index (χ1) is 12.9. The third kappa shape index (κ3) is 4.15. The van der Waals surface area contributed by atoms with Crippen molar-refractivity contribution in [3.63, 3.8) is 0 Å². The van der Waals surface area contributed by atoms with Crippen LogP contribution in [0.5, 0.6) is 5.75 Å². The number of hydrogen-bond acceptors (Lipinski definition) is 8. The van der Waals surface area contributed by atoms with E-state index in [1.54, 1.807) is 24.3 Å². The van der Waals surface area contributed by atoms with Crippen LogP contribution in [0.3, 0.4) is 0 Å². The summed E-state index contributed by atoms with van der Waals surface area (Å²) in [4.78, 5) is 2.30. The number of benzene rings is 1. The van der Waals surface area contributed by atoms with Gasteiger partial charge in [0.2, 0.25) is 10.0 Å². The number of primary sulfonamides is 1. The van der Waals surface area contributed by atoms with Crippen molar-refractivity contribution in [3.05, 3.63) is 41.6 Å². The standard InChI is InChI=1S/C17H19N3O4S3/c18-27(22,23)16-9-12-8-14(11-19-4-6-24-7-5-19)20(26-17(12)25-16)13-2-1-3-15(21)10-13/h1-3,8-10,21H,4-7,11H2,(H2,18,22,23). The maximum atomic E-state index is 11.7. The summed E-state index contributed by atoms with van der Waals surface area (Å²) in [5, 5.41) is 15.2. The van der Waals surface area contributed by atoms with Crippen molar-refractivity contribution in [2.45, 2.75) is 8.42 Å². The first kappa shape index (κ1) is 18.8. The van der Waals surface area contributed by atoms with Crippen molar-refractivity contribution < 1.29 is 18.3 Å². The van der Waals surface area contributed by atoms with Crippen LogP contribution in [-0.4, -0.2) is 51.3 Å². The first-order valence-electron chi connectivity index (χ1n) is 8.34. The number of fused-ring (bicyclic) bond motifs is 1. The third-order valence-electron chi connectivity index (χ3n) is 4.29. The van der Waals surface area contributed by atoms with E-state index in [-0.39, 0.29) is 9.96 Å². The van der Waals surface area contributed by atoms with Crippen LogP contribution in [0.25, 0.3) is 6.08 Å². The van der Waals surface area contributed by atoms with E-state index in [1.807, 2.05) is 16.4 Å². The summed E-state index contributed by atoms with van der Waals surface area (Å²) in [6.45, 7) is 3.78. The Kier molecular flexibility index (Phi) is 5.19. The van der Waals surface area contributed by atoms with Gasteiger partial charge in [-0.15, -0.1) is 11.3 Å². The van der Waals surface area contributed by atoms with Crippen LogP contribution in [0.4, 0.5) is 5.69 Å². The van der Waals surface area contributed by atoms with E-state index in [0.717, 1.165) is 45.6 Å². The van der Waals surface area contributed by atoms with Crippen molar-refractivity contribution >= 4 is 45.1 Å². The molecule has 1 aromatic carbocycles. The summed E-state index contributed by atoms with van der Waals surface area (Å²) < 4.78 is 31.9. The molecule has 10 heteroatoms. The molecular formula is C17H19N3O4S3. The molecule has 0 saturated carbocycles. The van der Waals surface area contributed by atoms with E-state index >= 15 is 0 Å². The summed E-state index contributed by atoms with van der Waals surface area (Å²) in [5.41, 5.74) is 2.70. The minimum atomic E-state index is -3.74. The smallest absolute Gasteiger partial charge is 0.247 e. The highest BCUT2D eigenvalue weighted by atomic mass is 32.3. The number of morpholine rings is 1. The number of phenolic OH excluding ortho intramolecular Hbond substituents is 1. The third-order valence-corrected chi connectivity index (χ3v) is 8.16. The average Bonchev–Trinajstić information content (AvgIpc) is 3.05. The van der Waals surface area contributed by atoms with E-state index < -0.39 is 10.0 Å². The summed E-state index contributed by atoms with van der Waals surface area (Å²) in [6.07, 6.45) is 2.00. The SMILES string of the molecule is NS(=O)(=O)c1cc2c(s1)SN(c1cccc(O)c1)C(CN1CCOCC1)=C2. The number of phenols is 1. The van der Waals surface area contributed by atoms with Gasteiger partial charge in [-0.1, -0.05) is 6.07 Å². The minimum Gasteiger partial charge on any atom is -0.508 e. The minimum absolute atomic E-state index is 0.153. The highest BCUT2D eigenvalue weighted by Crippen LogP contribution is 2.45. The Labute approximate surface area is 166 Å². The zero-order chi connectivity index (χ0) is 19.0. The molecule has 0 bridgehead atoms. The van der Waals surface area contributed by atoms with Gasteiger partial charge in [0.05, 0.1) is 23.1 Å². The second kappa shape index (κ2) is 7.46. The van der Waals surface area contributed by atoms with Crippen molar-refractivity contribution in [1.82, 2.24) is 4.90 Å². The number of sulfonamides is 1. The predicted octanol–water partition coefficient (Wildman–Crippen LogP) is 2.30. The molecule has 144 valence electrons. The normalized spacial score (nSPS) is 18.3. The zero-order valence-corrected chi connectivity index (χ0v) is 16.8. The Morgan fingerprint density at radius 2 is 2.00 bits per heavy atom. The van der Waals surface area contributed by atoms with Crippen LogP contribution in [0.1, 0.15) is 5.56 Å². The molecule has 0 spiro atoms. The fourth-order valence-electron chi connectivity index (χ4n) is 2.99. The molecule has 0 aliphatic carbocycles. The van der Waals surface area contributed by atoms with Gasteiger partial charge in [0.15, 0.2) is 0 Å². The molecule has 4 rings (SSSR count). The molecule has 0 unspecified atom stereocenters. The van der Waals surface area contributed by atoms with Crippen molar-refractivity contribution in [2.75, 3.05) is 37.2 Å². The molecule has 0 radical (unpaired) electrons. The fraction of sp³-hybridized carbons (Fsp3) is 0.294. The van der Waals surface area contributed by atoms with Gasteiger partial charge in [-0.2, -0.15) is 0 Å². The lowest BCUT2D eigenvalue weighted by Crippen LogP contribution is -2.39. The molecular weight excluding hydrogens is 406 g/mol. The van der Waals surface area contributed by atoms with Crippen molar-refractivity contribution in [1.29, 1.82) is 0 Å². The molecule has 1 aromatic heterocycles.